The van der Waals surface area contributed by atoms with Gasteiger partial charge >= 0.3 is 6.18 Å². The molecule has 1 heterocycles. The molecule has 0 bridgehead atoms. The lowest BCUT2D eigenvalue weighted by molar-refractivity contribution is -0.137. The first kappa shape index (κ1) is 18.5. The summed E-state index contributed by atoms with van der Waals surface area (Å²) < 4.78 is 40.8. The van der Waals surface area contributed by atoms with Crippen LogP contribution >= 0.6 is 0 Å². The molecule has 25 heavy (non-hydrogen) atoms. The lowest BCUT2D eigenvalue weighted by Crippen LogP contribution is -2.27. The monoisotopic (exact) mass is 347 g/mol. The number of alkyl halides is 3. The largest absolute Gasteiger partial charge is 0.417 e. The Morgan fingerprint density at radius 2 is 1.84 bits per heavy atom. The molecule has 0 fully saturated rings. The second kappa shape index (κ2) is 6.93. The summed E-state index contributed by atoms with van der Waals surface area (Å²) in [5.74, 6) is -0.0108. The zero-order chi connectivity index (χ0) is 18.8. The van der Waals surface area contributed by atoms with Crippen LogP contribution in [0.15, 0.2) is 46.3 Å². The van der Waals surface area contributed by atoms with E-state index in [0.717, 1.165) is 10.7 Å². The third-order valence-electron chi connectivity index (χ3n) is 3.76. The molecule has 1 aromatic carbocycles. The number of benzene rings is 1. The Balaban J connectivity index is 2.93. The van der Waals surface area contributed by atoms with Gasteiger partial charge in [0.05, 0.1) is 11.3 Å². The standard InChI is InChI=1S/C18H16F3N3O/c1-11(2)12(3)23-24-16(13-7-5-4-6-8-13)9-15(18(19,20)21)14(10-22)17(24)25/h4-9,11H,1-3H3. The zero-order valence-corrected chi connectivity index (χ0v) is 13.9. The van der Waals surface area contributed by atoms with Gasteiger partial charge in [0.25, 0.3) is 5.56 Å². The highest BCUT2D eigenvalue weighted by atomic mass is 19.4. The molecule has 7 heteroatoms. The summed E-state index contributed by atoms with van der Waals surface area (Å²) in [6, 6.07) is 10.3. The first-order chi connectivity index (χ1) is 11.7. The molecule has 0 radical (unpaired) electrons. The number of rotatable bonds is 3. The number of hydrogen-bond acceptors (Lipinski definition) is 3. The molecule has 0 unspecified atom stereocenters. The summed E-state index contributed by atoms with van der Waals surface area (Å²) >= 11 is 0. The predicted molar refractivity (Wildman–Crippen MR) is 89.2 cm³/mol. The van der Waals surface area contributed by atoms with Gasteiger partial charge in [0, 0.05) is 11.3 Å². The molecule has 1 aromatic heterocycles. The van der Waals surface area contributed by atoms with E-state index in [1.807, 2.05) is 13.8 Å². The summed E-state index contributed by atoms with van der Waals surface area (Å²) in [5, 5.41) is 13.2. The molecule has 0 saturated carbocycles. The minimum absolute atomic E-state index is 0.0108. The van der Waals surface area contributed by atoms with Crippen LogP contribution < -0.4 is 5.56 Å². The molecule has 4 nitrogen and oxygen atoms in total. The molecule has 0 amide bonds. The Bertz CT molecular complexity index is 904. The number of nitrogens with zero attached hydrogens (tertiary/aromatic N) is 3. The molecule has 0 aliphatic heterocycles. The average Bonchev–Trinajstić information content (AvgIpc) is 2.55. The van der Waals surface area contributed by atoms with Crippen molar-refractivity contribution in [3.63, 3.8) is 0 Å². The van der Waals surface area contributed by atoms with E-state index in [0.29, 0.717) is 11.3 Å². The lowest BCUT2D eigenvalue weighted by Gasteiger charge is -2.15. The number of aromatic nitrogens is 1. The van der Waals surface area contributed by atoms with Crippen molar-refractivity contribution in [3.05, 3.63) is 57.9 Å². The molecule has 2 rings (SSSR count). The molecule has 0 N–H and O–H groups in total. The van der Waals surface area contributed by atoms with Gasteiger partial charge < -0.3 is 0 Å². The van der Waals surface area contributed by atoms with Gasteiger partial charge in [0.2, 0.25) is 0 Å². The Morgan fingerprint density at radius 3 is 2.32 bits per heavy atom. The highest BCUT2D eigenvalue weighted by Crippen LogP contribution is 2.33. The van der Waals surface area contributed by atoms with Gasteiger partial charge in [-0.3, -0.25) is 4.79 Å². The van der Waals surface area contributed by atoms with Crippen LogP contribution in [0.2, 0.25) is 0 Å². The van der Waals surface area contributed by atoms with Crippen molar-refractivity contribution in [2.75, 3.05) is 0 Å². The summed E-state index contributed by atoms with van der Waals surface area (Å²) in [6.45, 7) is 5.37. The fourth-order valence-corrected chi connectivity index (χ4v) is 2.12. The molecule has 2 aromatic rings. The molecule has 130 valence electrons. The Kier molecular flexibility index (Phi) is 5.12. The fourth-order valence-electron chi connectivity index (χ4n) is 2.12. The highest BCUT2D eigenvalue weighted by Gasteiger charge is 2.36. The first-order valence-electron chi connectivity index (χ1n) is 7.55. The van der Waals surface area contributed by atoms with E-state index in [1.54, 1.807) is 37.3 Å². The highest BCUT2D eigenvalue weighted by molar-refractivity contribution is 5.83. The summed E-state index contributed by atoms with van der Waals surface area (Å²) in [6.07, 6.45) is -4.82. The summed E-state index contributed by atoms with van der Waals surface area (Å²) in [5.41, 5.74) is -2.37. The van der Waals surface area contributed by atoms with E-state index in [4.69, 9.17) is 5.26 Å². The third kappa shape index (κ3) is 3.79. The SMILES string of the molecule is CC(=Nn1c(-c2ccccc2)cc(C(F)(F)F)c(C#N)c1=O)C(C)C. The smallest absolute Gasteiger partial charge is 0.266 e. The Morgan fingerprint density at radius 1 is 1.24 bits per heavy atom. The molecule has 0 aliphatic carbocycles. The van der Waals surface area contributed by atoms with E-state index in [1.165, 1.54) is 6.07 Å². The van der Waals surface area contributed by atoms with Gasteiger partial charge in [-0.25, -0.2) is 0 Å². The maximum Gasteiger partial charge on any atom is 0.417 e. The minimum atomic E-state index is -4.82. The second-order valence-corrected chi connectivity index (χ2v) is 5.81. The van der Waals surface area contributed by atoms with Crippen LogP contribution in [0.3, 0.4) is 0 Å². The normalized spacial score (nSPS) is 12.3. The Hall–Kier alpha value is -2.88. The van der Waals surface area contributed by atoms with Crippen molar-refractivity contribution < 1.29 is 13.2 Å². The van der Waals surface area contributed by atoms with Crippen LogP contribution in [0.4, 0.5) is 13.2 Å². The van der Waals surface area contributed by atoms with Crippen LogP contribution in [0.1, 0.15) is 31.9 Å². The van der Waals surface area contributed by atoms with Crippen molar-refractivity contribution in [1.29, 1.82) is 5.26 Å². The fraction of sp³-hybridized carbons (Fsp3) is 0.278. The van der Waals surface area contributed by atoms with E-state index in [9.17, 15) is 18.0 Å². The van der Waals surface area contributed by atoms with Crippen LogP contribution in [0.5, 0.6) is 0 Å². The molecule has 0 saturated heterocycles. The van der Waals surface area contributed by atoms with Gasteiger partial charge in [0.1, 0.15) is 11.6 Å². The number of halogens is 3. The number of nitriles is 1. The van der Waals surface area contributed by atoms with E-state index in [-0.39, 0.29) is 11.6 Å². The third-order valence-corrected chi connectivity index (χ3v) is 3.76. The molecule has 0 atom stereocenters. The van der Waals surface area contributed by atoms with E-state index < -0.39 is 22.9 Å². The van der Waals surface area contributed by atoms with Gasteiger partial charge in [-0.15, -0.1) is 0 Å². The van der Waals surface area contributed by atoms with Crippen LogP contribution in [0, 0.1) is 17.2 Å². The minimum Gasteiger partial charge on any atom is -0.266 e. The maximum absolute atomic E-state index is 13.3. The van der Waals surface area contributed by atoms with Gasteiger partial charge in [-0.2, -0.15) is 28.2 Å². The first-order valence-corrected chi connectivity index (χ1v) is 7.55. The average molecular weight is 347 g/mol. The predicted octanol–water partition coefficient (Wildman–Crippen LogP) is 4.29. The molecule has 0 spiro atoms. The van der Waals surface area contributed by atoms with Gasteiger partial charge in [-0.1, -0.05) is 44.2 Å². The topological polar surface area (TPSA) is 58.1 Å². The zero-order valence-electron chi connectivity index (χ0n) is 13.9. The van der Waals surface area contributed by atoms with Crippen LogP contribution in [-0.4, -0.2) is 10.4 Å². The van der Waals surface area contributed by atoms with Crippen molar-refractivity contribution >= 4 is 5.71 Å². The van der Waals surface area contributed by atoms with Gasteiger partial charge in [-0.05, 0) is 18.9 Å². The molecular formula is C18H16F3N3O. The maximum atomic E-state index is 13.3. The van der Waals surface area contributed by atoms with Crippen LogP contribution in [-0.2, 0) is 6.18 Å². The number of hydrogen-bond donors (Lipinski definition) is 0. The molecular weight excluding hydrogens is 331 g/mol. The quantitative estimate of drug-likeness (QED) is 0.778. The van der Waals surface area contributed by atoms with E-state index in [2.05, 4.69) is 5.10 Å². The second-order valence-electron chi connectivity index (χ2n) is 5.81. The molecule has 0 aliphatic rings. The number of pyridine rings is 1. The van der Waals surface area contributed by atoms with Gasteiger partial charge in [0.15, 0.2) is 0 Å². The van der Waals surface area contributed by atoms with Crippen LogP contribution in [0.25, 0.3) is 11.3 Å². The summed E-state index contributed by atoms with van der Waals surface area (Å²) in [7, 11) is 0. The van der Waals surface area contributed by atoms with Crippen molar-refractivity contribution in [2.45, 2.75) is 26.9 Å². The summed E-state index contributed by atoms with van der Waals surface area (Å²) in [4.78, 5) is 12.6. The van der Waals surface area contributed by atoms with Crippen molar-refractivity contribution in [1.82, 2.24) is 4.68 Å². The Labute approximate surface area is 142 Å². The lowest BCUT2D eigenvalue weighted by atomic mass is 10.0. The van der Waals surface area contributed by atoms with Crippen molar-refractivity contribution in [3.8, 4) is 17.3 Å². The van der Waals surface area contributed by atoms with E-state index >= 15 is 0 Å². The van der Waals surface area contributed by atoms with Crippen molar-refractivity contribution in [2.24, 2.45) is 11.0 Å².